The summed E-state index contributed by atoms with van der Waals surface area (Å²) in [4.78, 5) is 59.5. The first kappa shape index (κ1) is 29.4. The van der Waals surface area contributed by atoms with E-state index in [-0.39, 0.29) is 35.8 Å². The Morgan fingerprint density at radius 2 is 1.21 bits per heavy atom. The maximum Gasteiger partial charge on any atom is 0.238 e. The number of amides is 4. The lowest BCUT2D eigenvalue weighted by Gasteiger charge is -2.44. The average molecular weight is 625 g/mol. The van der Waals surface area contributed by atoms with Gasteiger partial charge in [0.1, 0.15) is 5.75 Å². The van der Waals surface area contributed by atoms with Gasteiger partial charge in [-0.25, -0.2) is 0 Å². The SMILES string of the molecule is CCc1ccc(N2C(=O)[C@H]3[C@H](CC=C4[C@H]3C[C@H]3C(=O)N(c5ccc(CC)cc5)C(=O)[C@H]3[C@H]4c3ccc4ccccc4c3O)C2=O)cc1. The minimum atomic E-state index is -0.746. The van der Waals surface area contributed by atoms with Crippen LogP contribution in [0.1, 0.15) is 49.3 Å². The van der Waals surface area contributed by atoms with Crippen LogP contribution in [0, 0.1) is 29.6 Å². The highest BCUT2D eigenvalue weighted by Gasteiger charge is 2.62. The average Bonchev–Trinajstić information content (AvgIpc) is 3.51. The molecule has 0 unspecified atom stereocenters. The normalized spacial score (nSPS) is 26.8. The minimum absolute atomic E-state index is 0.0768. The van der Waals surface area contributed by atoms with Crippen LogP contribution < -0.4 is 9.80 Å². The summed E-state index contributed by atoms with van der Waals surface area (Å²) in [5.74, 6) is -4.70. The number of aromatic hydroxyl groups is 1. The van der Waals surface area contributed by atoms with E-state index in [4.69, 9.17) is 0 Å². The number of phenols is 1. The first-order chi connectivity index (χ1) is 22.8. The predicted octanol–water partition coefficient (Wildman–Crippen LogP) is 6.72. The van der Waals surface area contributed by atoms with E-state index in [0.717, 1.165) is 34.9 Å². The lowest BCUT2D eigenvalue weighted by Crippen LogP contribution is -2.43. The number of carbonyl (C=O) groups is 4. The molecule has 4 amide bonds. The van der Waals surface area contributed by atoms with Crippen LogP contribution in [0.3, 0.4) is 0 Å². The highest BCUT2D eigenvalue weighted by atomic mass is 16.3. The summed E-state index contributed by atoms with van der Waals surface area (Å²) < 4.78 is 0. The lowest BCUT2D eigenvalue weighted by molar-refractivity contribution is -0.126. The zero-order valence-electron chi connectivity index (χ0n) is 26.4. The molecule has 7 nitrogen and oxygen atoms in total. The number of hydrogen-bond donors (Lipinski definition) is 1. The Morgan fingerprint density at radius 1 is 0.638 bits per heavy atom. The van der Waals surface area contributed by atoms with Gasteiger partial charge in [-0.15, -0.1) is 0 Å². The molecule has 2 heterocycles. The summed E-state index contributed by atoms with van der Waals surface area (Å²) in [6.45, 7) is 4.11. The van der Waals surface area contributed by atoms with Crippen molar-refractivity contribution in [3.8, 4) is 5.75 Å². The van der Waals surface area contributed by atoms with Gasteiger partial charge in [0.15, 0.2) is 0 Å². The number of carbonyl (C=O) groups excluding carboxylic acids is 4. The first-order valence-electron chi connectivity index (χ1n) is 16.7. The summed E-state index contributed by atoms with van der Waals surface area (Å²) in [5.41, 5.74) is 4.73. The van der Waals surface area contributed by atoms with Crippen LogP contribution >= 0.6 is 0 Å². The summed E-state index contributed by atoms with van der Waals surface area (Å²) in [6, 6.07) is 26.4. The van der Waals surface area contributed by atoms with Gasteiger partial charge in [-0.3, -0.25) is 29.0 Å². The third-order valence-electron chi connectivity index (χ3n) is 11.1. The fraction of sp³-hybridized carbons (Fsp3) is 0.300. The number of fused-ring (bicyclic) bond motifs is 5. The molecule has 1 saturated carbocycles. The number of anilines is 2. The van der Waals surface area contributed by atoms with Gasteiger partial charge in [-0.1, -0.05) is 86.2 Å². The zero-order chi connectivity index (χ0) is 32.6. The van der Waals surface area contributed by atoms with Crippen molar-refractivity contribution in [1.82, 2.24) is 0 Å². The number of allylic oxidation sites excluding steroid dienone is 2. The van der Waals surface area contributed by atoms with Crippen LogP contribution in [-0.2, 0) is 32.0 Å². The summed E-state index contributed by atoms with van der Waals surface area (Å²) in [5, 5.41) is 13.3. The van der Waals surface area contributed by atoms with E-state index in [0.29, 0.717) is 28.7 Å². The molecule has 3 fully saturated rings. The molecular formula is C40H36N2O5. The molecule has 8 rings (SSSR count). The van der Waals surface area contributed by atoms with Crippen molar-refractivity contribution < 1.29 is 24.3 Å². The molecule has 47 heavy (non-hydrogen) atoms. The van der Waals surface area contributed by atoms with Gasteiger partial charge in [0, 0.05) is 16.9 Å². The van der Waals surface area contributed by atoms with Crippen molar-refractivity contribution in [2.75, 3.05) is 9.80 Å². The zero-order valence-corrected chi connectivity index (χ0v) is 26.4. The Kier molecular flexibility index (Phi) is 6.90. The van der Waals surface area contributed by atoms with Crippen LogP contribution in [0.4, 0.5) is 11.4 Å². The molecule has 0 spiro atoms. The Hall–Kier alpha value is -5.04. The van der Waals surface area contributed by atoms with E-state index in [1.165, 1.54) is 9.80 Å². The number of rotatable bonds is 5. The molecule has 7 heteroatoms. The van der Waals surface area contributed by atoms with Crippen molar-refractivity contribution in [3.63, 3.8) is 0 Å². The fourth-order valence-corrected chi connectivity index (χ4v) is 8.73. The van der Waals surface area contributed by atoms with Crippen LogP contribution in [0.2, 0.25) is 0 Å². The number of benzene rings is 4. The van der Waals surface area contributed by atoms with Crippen LogP contribution in [0.15, 0.2) is 96.6 Å². The van der Waals surface area contributed by atoms with E-state index in [2.05, 4.69) is 13.8 Å². The Bertz CT molecular complexity index is 2000. The highest BCUT2D eigenvalue weighted by Crippen LogP contribution is 2.59. The number of hydrogen-bond acceptors (Lipinski definition) is 5. The van der Waals surface area contributed by atoms with Crippen molar-refractivity contribution in [2.45, 2.75) is 45.4 Å². The maximum absolute atomic E-state index is 14.4. The molecular weight excluding hydrogens is 588 g/mol. The van der Waals surface area contributed by atoms with E-state index in [1.54, 1.807) is 0 Å². The van der Waals surface area contributed by atoms with Crippen molar-refractivity contribution in [3.05, 3.63) is 113 Å². The molecule has 1 N–H and O–H groups in total. The molecule has 0 radical (unpaired) electrons. The second kappa shape index (κ2) is 11.0. The molecule has 2 aliphatic carbocycles. The number of nitrogens with zero attached hydrogens (tertiary/aromatic N) is 2. The molecule has 2 aliphatic heterocycles. The van der Waals surface area contributed by atoms with Gasteiger partial charge in [0.05, 0.1) is 35.0 Å². The van der Waals surface area contributed by atoms with E-state index < -0.39 is 35.5 Å². The van der Waals surface area contributed by atoms with E-state index in [9.17, 15) is 24.3 Å². The van der Waals surface area contributed by atoms with Gasteiger partial charge >= 0.3 is 0 Å². The fourth-order valence-electron chi connectivity index (χ4n) is 8.73. The molecule has 0 aromatic heterocycles. The Labute approximate surface area is 273 Å². The van der Waals surface area contributed by atoms with E-state index >= 15 is 0 Å². The van der Waals surface area contributed by atoms with Crippen LogP contribution in [-0.4, -0.2) is 28.7 Å². The van der Waals surface area contributed by atoms with Gasteiger partial charge < -0.3 is 5.11 Å². The smallest absolute Gasteiger partial charge is 0.238 e. The van der Waals surface area contributed by atoms with Gasteiger partial charge in [0.25, 0.3) is 0 Å². The Morgan fingerprint density at radius 3 is 1.83 bits per heavy atom. The van der Waals surface area contributed by atoms with Gasteiger partial charge in [-0.05, 0) is 72.4 Å². The van der Waals surface area contributed by atoms with Crippen molar-refractivity contribution >= 4 is 45.8 Å². The van der Waals surface area contributed by atoms with Crippen molar-refractivity contribution in [2.24, 2.45) is 29.6 Å². The molecule has 2 saturated heterocycles. The molecule has 4 aliphatic rings. The minimum Gasteiger partial charge on any atom is -0.507 e. The van der Waals surface area contributed by atoms with Crippen LogP contribution in [0.25, 0.3) is 10.8 Å². The number of phenolic OH excluding ortho intramolecular Hbond substituents is 1. The van der Waals surface area contributed by atoms with Gasteiger partial charge in [0.2, 0.25) is 23.6 Å². The monoisotopic (exact) mass is 624 g/mol. The Balaban J connectivity index is 1.25. The standard InChI is InChI=1S/C40H36N2O5/c1-3-22-9-14-25(15-10-22)41-37(44)30-20-19-28-31(34(30)39(41)46)21-32-35(33(28)29-18-13-24-7-5-6-8-27(24)36(29)43)40(47)42(38(32)45)26-16-11-23(4-2)12-17-26/h5-19,30-35,43H,3-4,20-21H2,1-2H3/t30-,31+,32+,33+,34-,35+/m0/s1. The molecule has 0 bridgehead atoms. The van der Waals surface area contributed by atoms with Crippen LogP contribution in [0.5, 0.6) is 5.75 Å². The molecule has 6 atom stereocenters. The third-order valence-corrected chi connectivity index (χ3v) is 11.1. The first-order valence-corrected chi connectivity index (χ1v) is 16.7. The second-order valence-electron chi connectivity index (χ2n) is 13.3. The summed E-state index contributed by atoms with van der Waals surface area (Å²) in [7, 11) is 0. The number of aryl methyl sites for hydroxylation is 2. The maximum atomic E-state index is 14.4. The summed E-state index contributed by atoms with van der Waals surface area (Å²) >= 11 is 0. The largest absolute Gasteiger partial charge is 0.507 e. The lowest BCUT2D eigenvalue weighted by atomic mass is 9.57. The van der Waals surface area contributed by atoms with Crippen molar-refractivity contribution in [1.29, 1.82) is 0 Å². The quantitative estimate of drug-likeness (QED) is 0.197. The highest BCUT2D eigenvalue weighted by molar-refractivity contribution is 6.24. The van der Waals surface area contributed by atoms with E-state index in [1.807, 2.05) is 91.0 Å². The third kappa shape index (κ3) is 4.32. The molecule has 236 valence electrons. The second-order valence-corrected chi connectivity index (χ2v) is 13.3. The summed E-state index contributed by atoms with van der Waals surface area (Å²) in [6.07, 6.45) is 4.35. The number of imide groups is 2. The van der Waals surface area contributed by atoms with Gasteiger partial charge in [-0.2, -0.15) is 0 Å². The molecule has 4 aromatic carbocycles. The molecule has 4 aromatic rings. The topological polar surface area (TPSA) is 95.0 Å². The predicted molar refractivity (Wildman–Crippen MR) is 180 cm³/mol.